The van der Waals surface area contributed by atoms with Gasteiger partial charge in [-0.05, 0) is 19.7 Å². The van der Waals surface area contributed by atoms with Gasteiger partial charge in [0.15, 0.2) is 0 Å². The van der Waals surface area contributed by atoms with Crippen molar-refractivity contribution in [3.05, 3.63) is 0 Å². The van der Waals surface area contributed by atoms with Crippen molar-refractivity contribution in [2.75, 3.05) is 25.6 Å². The van der Waals surface area contributed by atoms with Crippen LogP contribution in [0.4, 0.5) is 0 Å². The lowest BCUT2D eigenvalue weighted by molar-refractivity contribution is -0.126. The molecule has 4 nitrogen and oxygen atoms in total. The lowest BCUT2D eigenvalue weighted by Crippen LogP contribution is -2.48. The molecule has 1 unspecified atom stereocenters. The molecule has 1 amide bonds. The molecule has 0 fully saturated rings. The number of likely N-dealkylation sites (N-methyl/N-ethyl adjacent to an activating group) is 1. The summed E-state index contributed by atoms with van der Waals surface area (Å²) in [6.07, 6.45) is 3.90. The summed E-state index contributed by atoms with van der Waals surface area (Å²) in [6.45, 7) is 2.98. The zero-order valence-corrected chi connectivity index (χ0v) is 10.1. The van der Waals surface area contributed by atoms with Gasteiger partial charge in [-0.25, -0.2) is 5.84 Å². The molecular weight excluding hydrogens is 198 g/mol. The van der Waals surface area contributed by atoms with E-state index in [1.54, 1.807) is 11.8 Å². The van der Waals surface area contributed by atoms with E-state index in [0.29, 0.717) is 0 Å². The summed E-state index contributed by atoms with van der Waals surface area (Å²) in [5.74, 6) is 6.09. The van der Waals surface area contributed by atoms with Crippen molar-refractivity contribution < 1.29 is 4.79 Å². The maximum absolute atomic E-state index is 11.4. The summed E-state index contributed by atoms with van der Waals surface area (Å²) in [6, 6.07) is -0.0860. The van der Waals surface area contributed by atoms with Crippen LogP contribution in [0.1, 0.15) is 19.8 Å². The molecule has 0 heterocycles. The number of carbonyl (C=O) groups excluding carboxylic acids is 1. The van der Waals surface area contributed by atoms with Crippen LogP contribution < -0.4 is 11.3 Å². The molecular formula is C9H21N3OS. The normalized spacial score (nSPS) is 12.9. The first-order valence-corrected chi connectivity index (χ1v) is 6.26. The van der Waals surface area contributed by atoms with Crippen molar-refractivity contribution >= 4 is 17.7 Å². The van der Waals surface area contributed by atoms with E-state index in [9.17, 15) is 4.79 Å². The van der Waals surface area contributed by atoms with Crippen LogP contribution in [0.25, 0.3) is 0 Å². The third-order valence-electron chi connectivity index (χ3n) is 2.19. The molecule has 0 aromatic rings. The van der Waals surface area contributed by atoms with Crippen LogP contribution in [0, 0.1) is 0 Å². The molecule has 0 aromatic heterocycles. The van der Waals surface area contributed by atoms with Gasteiger partial charge in [0.25, 0.3) is 5.91 Å². The number of hydrogen-bond acceptors (Lipinski definition) is 4. The number of rotatable bonds is 7. The molecule has 0 bridgehead atoms. The Morgan fingerprint density at radius 1 is 1.64 bits per heavy atom. The fraction of sp³-hybridized carbons (Fsp3) is 0.889. The van der Waals surface area contributed by atoms with E-state index >= 15 is 0 Å². The highest BCUT2D eigenvalue weighted by molar-refractivity contribution is 7.98. The van der Waals surface area contributed by atoms with E-state index in [1.807, 2.05) is 7.05 Å². The first-order chi connectivity index (χ1) is 6.67. The van der Waals surface area contributed by atoms with Crippen LogP contribution in [0.15, 0.2) is 0 Å². The van der Waals surface area contributed by atoms with Crippen molar-refractivity contribution in [3.8, 4) is 0 Å². The van der Waals surface area contributed by atoms with Gasteiger partial charge in [-0.1, -0.05) is 13.3 Å². The van der Waals surface area contributed by atoms with Crippen molar-refractivity contribution in [2.45, 2.75) is 25.8 Å². The zero-order chi connectivity index (χ0) is 11.0. The van der Waals surface area contributed by atoms with Gasteiger partial charge in [0.1, 0.15) is 0 Å². The van der Waals surface area contributed by atoms with Gasteiger partial charge in [0, 0.05) is 12.3 Å². The van der Waals surface area contributed by atoms with E-state index in [1.165, 1.54) is 0 Å². The summed E-state index contributed by atoms with van der Waals surface area (Å²) in [4.78, 5) is 13.5. The summed E-state index contributed by atoms with van der Waals surface area (Å²) < 4.78 is 0. The molecule has 3 N–H and O–H groups in total. The largest absolute Gasteiger partial charge is 0.294 e. The number of nitrogens with zero attached hydrogens (tertiary/aromatic N) is 1. The maximum atomic E-state index is 11.4. The molecule has 0 radical (unpaired) electrons. The Hall–Kier alpha value is -0.260. The molecule has 0 saturated carbocycles. The molecule has 0 spiro atoms. The summed E-state index contributed by atoms with van der Waals surface area (Å²) in [7, 11) is 1.96. The zero-order valence-electron chi connectivity index (χ0n) is 9.25. The lowest BCUT2D eigenvalue weighted by Gasteiger charge is -2.25. The van der Waals surface area contributed by atoms with Crippen molar-refractivity contribution in [2.24, 2.45) is 5.84 Å². The van der Waals surface area contributed by atoms with Gasteiger partial charge in [0.05, 0.1) is 6.04 Å². The Balaban J connectivity index is 4.10. The van der Waals surface area contributed by atoms with E-state index < -0.39 is 0 Å². The van der Waals surface area contributed by atoms with E-state index in [2.05, 4.69) is 23.5 Å². The number of nitrogens with one attached hydrogen (secondary N) is 1. The van der Waals surface area contributed by atoms with Crippen molar-refractivity contribution in [3.63, 3.8) is 0 Å². The second-order valence-electron chi connectivity index (χ2n) is 3.29. The number of hydrazine groups is 1. The Kier molecular flexibility index (Phi) is 7.93. The highest BCUT2D eigenvalue weighted by Gasteiger charge is 2.20. The minimum absolute atomic E-state index is 0.0860. The first-order valence-electron chi connectivity index (χ1n) is 4.87. The Morgan fingerprint density at radius 2 is 2.29 bits per heavy atom. The van der Waals surface area contributed by atoms with Gasteiger partial charge in [0.2, 0.25) is 0 Å². The summed E-state index contributed by atoms with van der Waals surface area (Å²) in [5, 5.41) is 0. The maximum Gasteiger partial charge on any atom is 0.251 e. The number of amides is 1. The Morgan fingerprint density at radius 3 is 2.71 bits per heavy atom. The van der Waals surface area contributed by atoms with E-state index in [0.717, 1.165) is 25.1 Å². The minimum atomic E-state index is -0.0875. The number of thioether (sulfide) groups is 1. The standard InChI is InChI=1S/C9H21N3OS/c1-4-5-8(9(13)11-10)12(2)6-7-14-3/h8H,4-7,10H2,1-3H3,(H,11,13). The monoisotopic (exact) mass is 219 g/mol. The fourth-order valence-electron chi connectivity index (χ4n) is 1.31. The van der Waals surface area contributed by atoms with E-state index in [4.69, 9.17) is 5.84 Å². The molecule has 5 heteroatoms. The van der Waals surface area contributed by atoms with Crippen LogP contribution in [-0.2, 0) is 4.79 Å². The van der Waals surface area contributed by atoms with Crippen LogP contribution in [0.2, 0.25) is 0 Å². The van der Waals surface area contributed by atoms with Gasteiger partial charge in [-0.2, -0.15) is 11.8 Å². The fourth-order valence-corrected chi connectivity index (χ4v) is 1.78. The highest BCUT2D eigenvalue weighted by atomic mass is 32.2. The van der Waals surface area contributed by atoms with Gasteiger partial charge in [-0.3, -0.25) is 15.1 Å². The van der Waals surface area contributed by atoms with Gasteiger partial charge >= 0.3 is 0 Å². The molecule has 0 aromatic carbocycles. The van der Waals surface area contributed by atoms with Gasteiger partial charge < -0.3 is 0 Å². The van der Waals surface area contributed by atoms with Crippen LogP contribution >= 0.6 is 11.8 Å². The van der Waals surface area contributed by atoms with Crippen LogP contribution in [0.3, 0.4) is 0 Å². The Bertz CT molecular complexity index is 166. The SMILES string of the molecule is CCCC(C(=O)NN)N(C)CCSC. The third-order valence-corrected chi connectivity index (χ3v) is 2.78. The van der Waals surface area contributed by atoms with Gasteiger partial charge in [-0.15, -0.1) is 0 Å². The quantitative estimate of drug-likeness (QED) is 0.370. The number of carbonyl (C=O) groups is 1. The smallest absolute Gasteiger partial charge is 0.251 e. The van der Waals surface area contributed by atoms with Crippen molar-refractivity contribution in [1.82, 2.24) is 10.3 Å². The molecule has 0 rings (SSSR count). The summed E-state index contributed by atoms with van der Waals surface area (Å²) in [5.41, 5.74) is 2.22. The molecule has 84 valence electrons. The second-order valence-corrected chi connectivity index (χ2v) is 4.27. The molecule has 0 saturated heterocycles. The predicted molar refractivity (Wildman–Crippen MR) is 62.0 cm³/mol. The molecule has 0 aliphatic rings. The molecule has 1 atom stereocenters. The Labute approximate surface area is 90.6 Å². The van der Waals surface area contributed by atoms with Crippen molar-refractivity contribution in [1.29, 1.82) is 0 Å². The number of nitrogens with two attached hydrogens (primary N) is 1. The second kappa shape index (κ2) is 8.08. The highest BCUT2D eigenvalue weighted by Crippen LogP contribution is 2.06. The topological polar surface area (TPSA) is 58.4 Å². The minimum Gasteiger partial charge on any atom is -0.294 e. The first kappa shape index (κ1) is 13.7. The molecule has 0 aliphatic heterocycles. The lowest BCUT2D eigenvalue weighted by atomic mass is 10.1. The van der Waals surface area contributed by atoms with Crippen LogP contribution in [0.5, 0.6) is 0 Å². The van der Waals surface area contributed by atoms with Crippen LogP contribution in [-0.4, -0.2) is 42.4 Å². The molecule has 14 heavy (non-hydrogen) atoms. The number of hydrogen-bond donors (Lipinski definition) is 2. The van der Waals surface area contributed by atoms with E-state index in [-0.39, 0.29) is 11.9 Å². The predicted octanol–water partition coefficient (Wildman–Crippen LogP) is 0.440. The average molecular weight is 219 g/mol. The summed E-state index contributed by atoms with van der Waals surface area (Å²) >= 11 is 1.78. The third kappa shape index (κ3) is 4.83. The average Bonchev–Trinajstić information content (AvgIpc) is 2.21. The molecule has 0 aliphatic carbocycles.